The molecule has 2 bridgehead atoms. The van der Waals surface area contributed by atoms with E-state index in [9.17, 15) is 0 Å². The number of aromatic nitrogens is 2. The van der Waals surface area contributed by atoms with Crippen molar-refractivity contribution in [2.75, 3.05) is 0 Å². The first-order valence-corrected chi connectivity index (χ1v) is 7.61. The van der Waals surface area contributed by atoms with Crippen molar-refractivity contribution in [3.8, 4) is 6.01 Å². The van der Waals surface area contributed by atoms with Crippen LogP contribution in [0.25, 0.3) is 0 Å². The summed E-state index contributed by atoms with van der Waals surface area (Å²) in [5.74, 6) is 0.662. The molecule has 1 aromatic rings. The molecule has 0 aliphatic heterocycles. The Balaban J connectivity index is 1.87. The van der Waals surface area contributed by atoms with E-state index >= 15 is 0 Å². The highest BCUT2D eigenvalue weighted by Crippen LogP contribution is 2.66. The van der Waals surface area contributed by atoms with Crippen LogP contribution in [0.3, 0.4) is 0 Å². The van der Waals surface area contributed by atoms with Gasteiger partial charge in [-0.1, -0.05) is 20.8 Å². The van der Waals surface area contributed by atoms with Crippen molar-refractivity contribution in [3.63, 3.8) is 0 Å². The lowest BCUT2D eigenvalue weighted by Gasteiger charge is -2.38. The number of hydrogen-bond acceptors (Lipinski definition) is 4. The van der Waals surface area contributed by atoms with Crippen LogP contribution >= 0.6 is 0 Å². The average Bonchev–Trinajstić information content (AvgIpc) is 2.71. The van der Waals surface area contributed by atoms with Crippen LogP contribution in [0.1, 0.15) is 51.4 Å². The third-order valence-corrected chi connectivity index (χ3v) is 6.07. The summed E-state index contributed by atoms with van der Waals surface area (Å²) in [6.07, 6.45) is 3.70. The minimum Gasteiger partial charge on any atom is -0.460 e. The molecule has 21 heavy (non-hydrogen) atoms. The fourth-order valence-electron chi connectivity index (χ4n) is 4.17. The first kappa shape index (κ1) is 14.3. The second kappa shape index (κ2) is 4.42. The summed E-state index contributed by atoms with van der Waals surface area (Å²) in [6.45, 7) is 8.90. The molecule has 2 fully saturated rings. The van der Waals surface area contributed by atoms with E-state index in [0.717, 1.165) is 12.1 Å². The number of rotatable bonds is 3. The van der Waals surface area contributed by atoms with E-state index in [0.29, 0.717) is 23.0 Å². The van der Waals surface area contributed by atoms with Crippen molar-refractivity contribution >= 4 is 5.84 Å². The molecule has 2 aliphatic carbocycles. The van der Waals surface area contributed by atoms with Crippen LogP contribution in [0.2, 0.25) is 0 Å². The second-order valence-corrected chi connectivity index (χ2v) is 7.31. The van der Waals surface area contributed by atoms with Crippen LogP contribution in [0.5, 0.6) is 6.01 Å². The average molecular weight is 288 g/mol. The summed E-state index contributed by atoms with van der Waals surface area (Å²) in [5, 5.41) is 7.53. The Morgan fingerprint density at radius 3 is 2.62 bits per heavy atom. The quantitative estimate of drug-likeness (QED) is 0.661. The largest absolute Gasteiger partial charge is 0.460 e. The number of nitrogens with one attached hydrogen (secondary N) is 1. The van der Waals surface area contributed by atoms with E-state index in [1.165, 1.54) is 12.8 Å². The van der Waals surface area contributed by atoms with E-state index in [4.69, 9.17) is 15.9 Å². The first-order valence-electron chi connectivity index (χ1n) is 7.61. The molecule has 1 heterocycles. The molecule has 3 N–H and O–H groups in total. The minimum absolute atomic E-state index is 0.0511. The molecule has 2 saturated carbocycles. The van der Waals surface area contributed by atoms with Gasteiger partial charge in [0.1, 0.15) is 17.6 Å². The molecule has 3 atom stereocenters. The van der Waals surface area contributed by atoms with Crippen molar-refractivity contribution in [3.05, 3.63) is 17.5 Å². The number of amidine groups is 1. The fourth-order valence-corrected chi connectivity index (χ4v) is 4.17. The topological polar surface area (TPSA) is 84.9 Å². The molecular formula is C16H24N4O. The van der Waals surface area contributed by atoms with Gasteiger partial charge in [0.25, 0.3) is 0 Å². The van der Waals surface area contributed by atoms with Gasteiger partial charge in [0, 0.05) is 11.1 Å². The highest BCUT2D eigenvalue weighted by atomic mass is 16.5. The number of aryl methyl sites for hydroxylation is 1. The Hall–Kier alpha value is -1.65. The van der Waals surface area contributed by atoms with E-state index in [1.807, 2.05) is 6.92 Å². The molecule has 5 nitrogen and oxygen atoms in total. The highest BCUT2D eigenvalue weighted by molar-refractivity contribution is 5.93. The monoisotopic (exact) mass is 288 g/mol. The van der Waals surface area contributed by atoms with E-state index < -0.39 is 0 Å². The van der Waals surface area contributed by atoms with Crippen molar-refractivity contribution in [1.82, 2.24) is 9.97 Å². The summed E-state index contributed by atoms with van der Waals surface area (Å²) >= 11 is 0. The Bertz CT molecular complexity index is 598. The zero-order valence-electron chi connectivity index (χ0n) is 13.2. The molecule has 0 radical (unpaired) electrons. The summed E-state index contributed by atoms with van der Waals surface area (Å²) in [5.41, 5.74) is 7.20. The minimum atomic E-state index is -0.0511. The number of fused-ring (bicyclic) bond motifs is 2. The SMILES string of the molecule is Cc1cc(C(=N)N)nc(OC2CC3CCC2(C)C3(C)C)n1. The lowest BCUT2D eigenvalue weighted by atomic mass is 9.70. The number of ether oxygens (including phenoxy) is 1. The van der Waals surface area contributed by atoms with E-state index in [2.05, 4.69) is 30.7 Å². The molecule has 0 saturated heterocycles. The Morgan fingerprint density at radius 1 is 1.38 bits per heavy atom. The zero-order valence-corrected chi connectivity index (χ0v) is 13.2. The molecule has 2 aliphatic rings. The molecule has 1 aromatic heterocycles. The summed E-state index contributed by atoms with van der Waals surface area (Å²) < 4.78 is 6.15. The molecule has 0 amide bonds. The molecule has 3 unspecified atom stereocenters. The number of nitrogens with two attached hydrogens (primary N) is 1. The van der Waals surface area contributed by atoms with Gasteiger partial charge < -0.3 is 10.5 Å². The fraction of sp³-hybridized carbons (Fsp3) is 0.688. The normalized spacial score (nSPS) is 33.1. The molecule has 0 aromatic carbocycles. The van der Waals surface area contributed by atoms with Gasteiger partial charge in [-0.25, -0.2) is 4.98 Å². The lowest BCUT2D eigenvalue weighted by molar-refractivity contribution is 0.0240. The number of hydrogen-bond donors (Lipinski definition) is 2. The Morgan fingerprint density at radius 2 is 2.10 bits per heavy atom. The van der Waals surface area contributed by atoms with Crippen molar-refractivity contribution in [2.24, 2.45) is 22.5 Å². The number of nitrogens with zero attached hydrogens (tertiary/aromatic N) is 2. The Kier molecular flexibility index (Phi) is 3.01. The summed E-state index contributed by atoms with van der Waals surface area (Å²) in [6, 6.07) is 2.07. The van der Waals surface area contributed by atoms with Crippen LogP contribution in [-0.2, 0) is 0 Å². The van der Waals surface area contributed by atoms with Crippen LogP contribution in [-0.4, -0.2) is 21.9 Å². The van der Waals surface area contributed by atoms with Crippen molar-refractivity contribution in [1.29, 1.82) is 5.41 Å². The van der Waals surface area contributed by atoms with Gasteiger partial charge in [0.05, 0.1) is 0 Å². The maximum Gasteiger partial charge on any atom is 0.317 e. The van der Waals surface area contributed by atoms with E-state index in [-0.39, 0.29) is 17.4 Å². The predicted molar refractivity (Wildman–Crippen MR) is 81.4 cm³/mol. The van der Waals surface area contributed by atoms with Gasteiger partial charge in [0.15, 0.2) is 0 Å². The molecule has 3 rings (SSSR count). The zero-order chi connectivity index (χ0) is 15.4. The Labute approximate surface area is 125 Å². The molecule has 5 heteroatoms. The molecular weight excluding hydrogens is 264 g/mol. The van der Waals surface area contributed by atoms with Gasteiger partial charge in [-0.05, 0) is 43.6 Å². The van der Waals surface area contributed by atoms with Crippen molar-refractivity contribution < 1.29 is 4.74 Å². The lowest BCUT2D eigenvalue weighted by Crippen LogP contribution is -2.39. The predicted octanol–water partition coefficient (Wildman–Crippen LogP) is 2.66. The molecule has 0 spiro atoms. The smallest absolute Gasteiger partial charge is 0.317 e. The first-order chi connectivity index (χ1) is 9.74. The maximum atomic E-state index is 7.53. The number of nitrogen functional groups attached to an aromatic ring is 1. The summed E-state index contributed by atoms with van der Waals surface area (Å²) in [7, 11) is 0. The second-order valence-electron chi connectivity index (χ2n) is 7.31. The standard InChI is InChI=1S/C16H24N4O/c1-9-7-11(13(17)18)20-14(19-9)21-12-8-10-5-6-16(12,4)15(10,2)3/h7,10,12H,5-6,8H2,1-4H3,(H3,17,18). The van der Waals surface area contributed by atoms with Crippen LogP contribution in [0.4, 0.5) is 0 Å². The third-order valence-electron chi connectivity index (χ3n) is 6.07. The molecule has 114 valence electrons. The van der Waals surface area contributed by atoms with Gasteiger partial charge in [-0.2, -0.15) is 4.98 Å². The van der Waals surface area contributed by atoms with Crippen LogP contribution in [0.15, 0.2) is 6.07 Å². The van der Waals surface area contributed by atoms with Gasteiger partial charge in [-0.15, -0.1) is 0 Å². The van der Waals surface area contributed by atoms with Crippen LogP contribution < -0.4 is 10.5 Å². The van der Waals surface area contributed by atoms with Crippen LogP contribution in [0, 0.1) is 29.1 Å². The highest BCUT2D eigenvalue weighted by Gasteiger charge is 2.62. The van der Waals surface area contributed by atoms with Gasteiger partial charge in [0.2, 0.25) is 0 Å². The van der Waals surface area contributed by atoms with Gasteiger partial charge in [-0.3, -0.25) is 5.41 Å². The maximum absolute atomic E-state index is 7.53. The van der Waals surface area contributed by atoms with Gasteiger partial charge >= 0.3 is 6.01 Å². The van der Waals surface area contributed by atoms with E-state index in [1.54, 1.807) is 6.07 Å². The third kappa shape index (κ3) is 2.01. The summed E-state index contributed by atoms with van der Waals surface area (Å²) in [4.78, 5) is 8.63. The van der Waals surface area contributed by atoms with Crippen molar-refractivity contribution in [2.45, 2.75) is 53.1 Å².